The Labute approximate surface area is 239 Å². The molecule has 2 amide bonds. The maximum atomic E-state index is 13.1. The number of methoxy groups -OCH3 is 1. The van der Waals surface area contributed by atoms with Gasteiger partial charge in [0.2, 0.25) is 6.79 Å². The first-order valence-electron chi connectivity index (χ1n) is 11.3. The number of ether oxygens (including phenoxy) is 4. The highest BCUT2D eigenvalue weighted by atomic mass is 79.9. The normalized spacial score (nSPS) is 15.3. The quantitative estimate of drug-likeness (QED) is 0.154. The molecule has 39 heavy (non-hydrogen) atoms. The van der Waals surface area contributed by atoms with Crippen LogP contribution in [0.4, 0.5) is 10.5 Å². The summed E-state index contributed by atoms with van der Waals surface area (Å²) in [6.45, 7) is 0.220. The van der Waals surface area contributed by atoms with Crippen LogP contribution >= 0.6 is 39.3 Å². The van der Waals surface area contributed by atoms with Crippen LogP contribution in [0.1, 0.15) is 16.7 Å². The zero-order valence-corrected chi connectivity index (χ0v) is 23.3. The van der Waals surface area contributed by atoms with Crippen molar-refractivity contribution in [3.63, 3.8) is 0 Å². The minimum Gasteiger partial charge on any atom is -0.493 e. The zero-order valence-electron chi connectivity index (χ0n) is 20.1. The maximum absolute atomic E-state index is 13.1. The summed E-state index contributed by atoms with van der Waals surface area (Å²) in [5.41, 5.74) is 1.88. The van der Waals surface area contributed by atoms with E-state index in [0.29, 0.717) is 43.6 Å². The maximum Gasteiger partial charge on any atom is 0.293 e. The Morgan fingerprint density at radius 1 is 1.13 bits per heavy atom. The number of nitrogens with zero attached hydrogens (tertiary/aromatic N) is 2. The number of halogens is 2. The molecule has 0 saturated carbocycles. The van der Waals surface area contributed by atoms with Crippen LogP contribution in [0.2, 0.25) is 5.02 Å². The van der Waals surface area contributed by atoms with Crippen molar-refractivity contribution in [2.24, 2.45) is 0 Å². The van der Waals surface area contributed by atoms with Crippen LogP contribution in [-0.4, -0.2) is 34.9 Å². The molecule has 200 valence electrons. The third-order valence-electron chi connectivity index (χ3n) is 5.85. The fourth-order valence-electron chi connectivity index (χ4n) is 3.84. The van der Waals surface area contributed by atoms with Crippen LogP contribution in [0.25, 0.3) is 6.08 Å². The Hall–Kier alpha value is -3.74. The molecule has 2 aliphatic heterocycles. The second kappa shape index (κ2) is 11.2. The molecule has 1 saturated heterocycles. The molecule has 0 bridgehead atoms. The lowest BCUT2D eigenvalue weighted by molar-refractivity contribution is -0.384. The van der Waals surface area contributed by atoms with Gasteiger partial charge in [0.15, 0.2) is 23.0 Å². The molecule has 0 aliphatic carbocycles. The first-order chi connectivity index (χ1) is 18.7. The molecule has 0 radical (unpaired) electrons. The Morgan fingerprint density at radius 3 is 2.54 bits per heavy atom. The Kier molecular flexibility index (Phi) is 7.69. The first-order valence-corrected chi connectivity index (χ1v) is 13.3. The molecular formula is C26H18BrClN2O8S. The van der Waals surface area contributed by atoms with E-state index in [0.717, 1.165) is 22.2 Å². The number of rotatable bonds is 8. The molecule has 0 atom stereocenters. The summed E-state index contributed by atoms with van der Waals surface area (Å²) < 4.78 is 22.6. The summed E-state index contributed by atoms with van der Waals surface area (Å²) >= 11 is 10.7. The predicted octanol–water partition coefficient (Wildman–Crippen LogP) is 6.56. The number of non-ortho nitro benzene ring substituents is 1. The van der Waals surface area contributed by atoms with Crippen LogP contribution in [0.15, 0.2) is 57.9 Å². The topological polar surface area (TPSA) is 117 Å². The molecule has 5 rings (SSSR count). The summed E-state index contributed by atoms with van der Waals surface area (Å²) in [4.78, 5) is 37.6. The van der Waals surface area contributed by atoms with E-state index < -0.39 is 16.1 Å². The second-order valence-corrected chi connectivity index (χ2v) is 10.6. The molecule has 1 fully saturated rings. The van der Waals surface area contributed by atoms with E-state index in [-0.39, 0.29) is 30.5 Å². The smallest absolute Gasteiger partial charge is 0.293 e. The molecule has 3 aromatic carbocycles. The molecular weight excluding hydrogens is 616 g/mol. The van der Waals surface area contributed by atoms with Crippen LogP contribution in [-0.2, 0) is 17.9 Å². The first kappa shape index (κ1) is 26.9. The highest BCUT2D eigenvalue weighted by Gasteiger charge is 2.36. The number of thioether (sulfide) groups is 1. The van der Waals surface area contributed by atoms with Gasteiger partial charge in [-0.3, -0.25) is 24.6 Å². The third-order valence-corrected chi connectivity index (χ3v) is 7.80. The van der Waals surface area contributed by atoms with Gasteiger partial charge >= 0.3 is 0 Å². The van der Waals surface area contributed by atoms with Gasteiger partial charge in [-0.05, 0) is 64.9 Å². The molecule has 3 aromatic rings. The number of hydrogen-bond donors (Lipinski definition) is 0. The van der Waals surface area contributed by atoms with E-state index in [1.165, 1.54) is 19.2 Å². The van der Waals surface area contributed by atoms with E-state index in [1.807, 2.05) is 0 Å². The molecule has 2 heterocycles. The molecule has 0 unspecified atom stereocenters. The standard InChI is InChI=1S/C26H18BrClN2O8S/c1-35-20-6-15(18(27)9-22(20)36-12-14-2-4-17(5-3-14)30(33)34)8-24-25(31)29(26(32)39-24)11-16-7-21-23(10-19(16)28)38-13-37-21/h2-10H,11-13H2,1H3/b24-8-. The summed E-state index contributed by atoms with van der Waals surface area (Å²) in [6, 6.07) is 12.7. The van der Waals surface area contributed by atoms with Crippen LogP contribution in [0.3, 0.4) is 0 Å². The number of imide groups is 1. The molecule has 13 heteroatoms. The van der Waals surface area contributed by atoms with E-state index >= 15 is 0 Å². The third kappa shape index (κ3) is 5.68. The van der Waals surface area contributed by atoms with E-state index in [4.69, 9.17) is 30.5 Å². The number of amides is 2. The largest absolute Gasteiger partial charge is 0.493 e. The molecule has 0 spiro atoms. The van der Waals surface area contributed by atoms with Crippen molar-refractivity contribution < 1.29 is 33.5 Å². The minimum absolute atomic E-state index is 0.00756. The van der Waals surface area contributed by atoms with Crippen molar-refractivity contribution in [2.75, 3.05) is 13.9 Å². The minimum atomic E-state index is -0.468. The van der Waals surface area contributed by atoms with Crippen molar-refractivity contribution in [2.45, 2.75) is 13.2 Å². The summed E-state index contributed by atoms with van der Waals surface area (Å²) in [7, 11) is 1.48. The van der Waals surface area contributed by atoms with Crippen LogP contribution < -0.4 is 18.9 Å². The fraction of sp³-hybridized carbons (Fsp3) is 0.154. The van der Waals surface area contributed by atoms with Gasteiger partial charge < -0.3 is 18.9 Å². The van der Waals surface area contributed by atoms with Gasteiger partial charge in [-0.15, -0.1) is 0 Å². The Bertz CT molecular complexity index is 1530. The van der Waals surface area contributed by atoms with E-state index in [9.17, 15) is 19.7 Å². The molecule has 0 N–H and O–H groups in total. The number of fused-ring (bicyclic) bond motifs is 1. The number of nitro groups is 1. The summed E-state index contributed by atoms with van der Waals surface area (Å²) in [6.07, 6.45) is 1.60. The SMILES string of the molecule is COc1cc(/C=C2\SC(=O)N(Cc3cc4c(cc3Cl)OCO4)C2=O)c(Br)cc1OCc1ccc([N+](=O)[O-])cc1. The average molecular weight is 634 g/mol. The number of nitro benzene ring substituents is 1. The average Bonchev–Trinajstić information content (AvgIpc) is 3.47. The Balaban J connectivity index is 1.32. The predicted molar refractivity (Wildman–Crippen MR) is 147 cm³/mol. The van der Waals surface area contributed by atoms with Crippen molar-refractivity contribution in [3.05, 3.63) is 89.7 Å². The van der Waals surface area contributed by atoms with Gasteiger partial charge in [-0.1, -0.05) is 27.5 Å². The molecule has 0 aromatic heterocycles. The lowest BCUT2D eigenvalue weighted by Crippen LogP contribution is -2.27. The second-order valence-electron chi connectivity index (χ2n) is 8.30. The van der Waals surface area contributed by atoms with Crippen LogP contribution in [0.5, 0.6) is 23.0 Å². The number of carbonyl (C=O) groups excluding carboxylic acids is 2. The van der Waals surface area contributed by atoms with Gasteiger partial charge in [0.1, 0.15) is 6.61 Å². The van der Waals surface area contributed by atoms with Crippen molar-refractivity contribution in [1.82, 2.24) is 4.90 Å². The van der Waals surface area contributed by atoms with Gasteiger partial charge in [0.05, 0.1) is 23.5 Å². The van der Waals surface area contributed by atoms with Crippen molar-refractivity contribution >= 4 is 62.2 Å². The monoisotopic (exact) mass is 632 g/mol. The lowest BCUT2D eigenvalue weighted by atomic mass is 10.1. The summed E-state index contributed by atoms with van der Waals surface area (Å²) in [5.74, 6) is 1.38. The van der Waals surface area contributed by atoms with Gasteiger partial charge in [0, 0.05) is 27.7 Å². The number of hydrogen-bond acceptors (Lipinski definition) is 9. The lowest BCUT2D eigenvalue weighted by Gasteiger charge is -2.14. The fourth-order valence-corrected chi connectivity index (χ4v) is 5.32. The van der Waals surface area contributed by atoms with Crippen molar-refractivity contribution in [3.8, 4) is 23.0 Å². The van der Waals surface area contributed by atoms with Crippen molar-refractivity contribution in [1.29, 1.82) is 0 Å². The highest BCUT2D eigenvalue weighted by molar-refractivity contribution is 9.10. The van der Waals surface area contributed by atoms with Crippen LogP contribution in [0, 0.1) is 10.1 Å². The number of benzene rings is 3. The molecule has 2 aliphatic rings. The van der Waals surface area contributed by atoms with E-state index in [1.54, 1.807) is 42.5 Å². The highest BCUT2D eigenvalue weighted by Crippen LogP contribution is 2.41. The zero-order chi connectivity index (χ0) is 27.7. The summed E-state index contributed by atoms with van der Waals surface area (Å²) in [5, 5.41) is 10.8. The molecule has 10 nitrogen and oxygen atoms in total. The number of carbonyl (C=O) groups is 2. The van der Waals surface area contributed by atoms with E-state index in [2.05, 4.69) is 15.9 Å². The Morgan fingerprint density at radius 2 is 1.85 bits per heavy atom. The van der Waals surface area contributed by atoms with Gasteiger partial charge in [-0.2, -0.15) is 0 Å². The van der Waals surface area contributed by atoms with Gasteiger partial charge in [0.25, 0.3) is 16.8 Å². The van der Waals surface area contributed by atoms with Gasteiger partial charge in [-0.25, -0.2) is 0 Å².